The maximum absolute atomic E-state index is 12.8. The maximum atomic E-state index is 12.8. The molecule has 0 unspecified atom stereocenters. The van der Waals surface area contributed by atoms with Crippen LogP contribution in [0.15, 0.2) is 53.1 Å². The fraction of sp³-hybridized carbons (Fsp3) is 0.167. The summed E-state index contributed by atoms with van der Waals surface area (Å²) in [6.45, 7) is 2.43. The van der Waals surface area contributed by atoms with E-state index < -0.39 is 21.7 Å². The topological polar surface area (TPSA) is 101 Å². The average Bonchev–Trinajstić information content (AvgIpc) is 2.99. The Balaban J connectivity index is 1.87. The Morgan fingerprint density at radius 1 is 1.12 bits per heavy atom. The molecule has 0 saturated carbocycles. The van der Waals surface area contributed by atoms with Crippen LogP contribution in [0.4, 0.5) is 0 Å². The van der Waals surface area contributed by atoms with Gasteiger partial charge in [-0.05, 0) is 47.9 Å². The van der Waals surface area contributed by atoms with Gasteiger partial charge in [-0.2, -0.15) is 4.31 Å². The molecule has 2 aromatic carbocycles. The Morgan fingerprint density at radius 2 is 1.76 bits per heavy atom. The van der Waals surface area contributed by atoms with Crippen LogP contribution in [0.1, 0.15) is 22.3 Å². The summed E-state index contributed by atoms with van der Waals surface area (Å²) < 4.78 is 27.0. The van der Waals surface area contributed by atoms with Crippen molar-refractivity contribution in [2.75, 3.05) is 0 Å². The van der Waals surface area contributed by atoms with Crippen LogP contribution in [0.2, 0.25) is 0 Å². The summed E-state index contributed by atoms with van der Waals surface area (Å²) in [5.74, 6) is -1.45. The van der Waals surface area contributed by atoms with Gasteiger partial charge in [0.2, 0.25) is 10.0 Å². The van der Waals surface area contributed by atoms with E-state index in [4.69, 9.17) is 5.73 Å². The molecule has 0 spiro atoms. The van der Waals surface area contributed by atoms with Crippen molar-refractivity contribution in [2.24, 2.45) is 5.73 Å². The molecule has 1 heterocycles. The average molecular weight is 358 g/mol. The zero-order valence-corrected chi connectivity index (χ0v) is 14.5. The molecule has 7 heteroatoms. The summed E-state index contributed by atoms with van der Waals surface area (Å²) in [6, 6.07) is 12.0. The molecule has 3 rings (SSSR count). The van der Waals surface area contributed by atoms with Crippen LogP contribution < -0.4 is 5.73 Å². The molecule has 2 aromatic rings. The number of aryl methyl sites for hydroxylation is 1. The highest BCUT2D eigenvalue weighted by atomic mass is 32.2. The number of fused-ring (bicyclic) bond motifs is 1. The lowest BCUT2D eigenvalue weighted by atomic mass is 10.1. The van der Waals surface area contributed by atoms with E-state index in [0.717, 1.165) is 16.7 Å². The zero-order chi connectivity index (χ0) is 18.2. The van der Waals surface area contributed by atoms with Gasteiger partial charge in [0, 0.05) is 13.1 Å². The second-order valence-electron chi connectivity index (χ2n) is 6.01. The van der Waals surface area contributed by atoms with Crippen LogP contribution in [0.5, 0.6) is 0 Å². The molecule has 3 N–H and O–H groups in total. The lowest BCUT2D eigenvalue weighted by molar-refractivity contribution is -0.116. The Labute approximate surface area is 146 Å². The molecular weight excluding hydrogens is 340 g/mol. The monoisotopic (exact) mass is 358 g/mol. The number of sulfonamides is 1. The molecule has 1 amide bonds. The van der Waals surface area contributed by atoms with E-state index >= 15 is 0 Å². The molecule has 0 aromatic heterocycles. The number of aliphatic hydroxyl groups is 1. The molecule has 0 bridgehead atoms. The van der Waals surface area contributed by atoms with Gasteiger partial charge in [0.15, 0.2) is 5.76 Å². The number of hydrogen-bond donors (Lipinski definition) is 2. The van der Waals surface area contributed by atoms with E-state index in [9.17, 15) is 18.3 Å². The Hall–Kier alpha value is -2.64. The first-order valence-corrected chi connectivity index (χ1v) is 9.10. The highest BCUT2D eigenvalue weighted by Gasteiger charge is 2.30. The van der Waals surface area contributed by atoms with E-state index in [0.29, 0.717) is 5.56 Å². The number of carbonyl (C=O) groups is 1. The second kappa shape index (κ2) is 6.34. The fourth-order valence-electron chi connectivity index (χ4n) is 2.73. The highest BCUT2D eigenvalue weighted by Crippen LogP contribution is 2.29. The summed E-state index contributed by atoms with van der Waals surface area (Å²) in [4.78, 5) is 11.2. The smallest absolute Gasteiger partial charge is 0.283 e. The highest BCUT2D eigenvalue weighted by molar-refractivity contribution is 7.89. The van der Waals surface area contributed by atoms with Crippen molar-refractivity contribution < 1.29 is 18.3 Å². The van der Waals surface area contributed by atoms with Crippen LogP contribution in [0.3, 0.4) is 0 Å². The number of nitrogens with zero attached hydrogens (tertiary/aromatic N) is 1. The molecule has 0 atom stereocenters. The molecule has 0 radical (unpaired) electrons. The van der Waals surface area contributed by atoms with Gasteiger partial charge in [-0.1, -0.05) is 29.8 Å². The first-order valence-electron chi connectivity index (χ1n) is 7.66. The van der Waals surface area contributed by atoms with Gasteiger partial charge in [0.1, 0.15) is 0 Å². The third-order valence-corrected chi connectivity index (χ3v) is 5.94. The van der Waals surface area contributed by atoms with Crippen molar-refractivity contribution in [3.63, 3.8) is 0 Å². The number of aliphatic hydroxyl groups excluding tert-OH is 1. The normalized spacial score (nSPS) is 15.2. The predicted molar refractivity (Wildman–Crippen MR) is 93.9 cm³/mol. The fourth-order valence-corrected chi connectivity index (χ4v) is 4.13. The minimum Gasteiger partial charge on any atom is -0.503 e. The third kappa shape index (κ3) is 3.42. The number of rotatable bonds is 4. The lowest BCUT2D eigenvalue weighted by Crippen LogP contribution is -2.25. The number of amides is 1. The van der Waals surface area contributed by atoms with Crippen molar-refractivity contribution >= 4 is 22.0 Å². The zero-order valence-electron chi connectivity index (χ0n) is 13.6. The number of benzene rings is 2. The van der Waals surface area contributed by atoms with Crippen LogP contribution in [-0.2, 0) is 27.9 Å². The minimum atomic E-state index is -3.58. The van der Waals surface area contributed by atoms with Crippen molar-refractivity contribution in [3.05, 3.63) is 70.5 Å². The first-order chi connectivity index (χ1) is 11.8. The Bertz CT molecular complexity index is 963. The van der Waals surface area contributed by atoms with Crippen molar-refractivity contribution in [2.45, 2.75) is 24.9 Å². The summed E-state index contributed by atoms with van der Waals surface area (Å²) in [7, 11) is -3.58. The van der Waals surface area contributed by atoms with Crippen molar-refractivity contribution in [1.29, 1.82) is 0 Å². The molecule has 6 nitrogen and oxygen atoms in total. The van der Waals surface area contributed by atoms with E-state index in [1.807, 2.05) is 6.92 Å². The Kier molecular flexibility index (Phi) is 4.36. The quantitative estimate of drug-likeness (QED) is 0.645. The van der Waals surface area contributed by atoms with Gasteiger partial charge in [-0.25, -0.2) is 8.42 Å². The summed E-state index contributed by atoms with van der Waals surface area (Å²) in [6.07, 6.45) is 1.26. The SMILES string of the molecule is Cc1ccc(S(=O)(=O)N2Cc3ccc(C=C(O)C(N)=O)cc3C2)cc1. The van der Waals surface area contributed by atoms with Crippen molar-refractivity contribution in [3.8, 4) is 0 Å². The number of carbonyl (C=O) groups excluding carboxylic acids is 1. The number of primary amides is 1. The van der Waals surface area contributed by atoms with Crippen LogP contribution in [0.25, 0.3) is 6.08 Å². The first kappa shape index (κ1) is 17.2. The van der Waals surface area contributed by atoms with Gasteiger partial charge in [0.25, 0.3) is 5.91 Å². The molecule has 130 valence electrons. The molecule has 0 saturated heterocycles. The van der Waals surface area contributed by atoms with Gasteiger partial charge < -0.3 is 10.8 Å². The van der Waals surface area contributed by atoms with E-state index in [1.54, 1.807) is 42.5 Å². The molecule has 0 aliphatic carbocycles. The molecule has 25 heavy (non-hydrogen) atoms. The second-order valence-corrected chi connectivity index (χ2v) is 7.95. The van der Waals surface area contributed by atoms with Gasteiger partial charge >= 0.3 is 0 Å². The molecular formula is C18H18N2O4S. The standard InChI is InChI=1S/C18H18N2O4S/c1-12-2-6-16(7-3-12)25(23,24)20-10-14-5-4-13(8-15(14)11-20)9-17(21)18(19)22/h2-9,21H,10-11H2,1H3,(H2,19,22). The Morgan fingerprint density at radius 3 is 2.40 bits per heavy atom. The third-order valence-electron chi connectivity index (χ3n) is 4.14. The molecule has 0 fully saturated rings. The maximum Gasteiger partial charge on any atom is 0.283 e. The molecule has 1 aliphatic heterocycles. The van der Waals surface area contributed by atoms with Gasteiger partial charge in [-0.15, -0.1) is 0 Å². The summed E-state index contributed by atoms with van der Waals surface area (Å²) >= 11 is 0. The largest absolute Gasteiger partial charge is 0.503 e. The van der Waals surface area contributed by atoms with E-state index in [2.05, 4.69) is 0 Å². The number of nitrogens with two attached hydrogens (primary N) is 1. The predicted octanol–water partition coefficient (Wildman–Crippen LogP) is 2.08. The van der Waals surface area contributed by atoms with E-state index in [1.165, 1.54) is 10.4 Å². The minimum absolute atomic E-state index is 0.241. The van der Waals surface area contributed by atoms with Gasteiger partial charge in [0.05, 0.1) is 4.90 Å². The van der Waals surface area contributed by atoms with Crippen LogP contribution in [-0.4, -0.2) is 23.7 Å². The van der Waals surface area contributed by atoms with Crippen LogP contribution in [0, 0.1) is 6.92 Å². The number of hydrogen-bond acceptors (Lipinski definition) is 4. The molecule has 1 aliphatic rings. The van der Waals surface area contributed by atoms with Crippen LogP contribution >= 0.6 is 0 Å². The van der Waals surface area contributed by atoms with Crippen molar-refractivity contribution in [1.82, 2.24) is 4.31 Å². The van der Waals surface area contributed by atoms with E-state index in [-0.39, 0.29) is 18.0 Å². The summed E-state index contributed by atoms with van der Waals surface area (Å²) in [5.41, 5.74) is 8.32. The lowest BCUT2D eigenvalue weighted by Gasteiger charge is -2.15. The van der Waals surface area contributed by atoms with Gasteiger partial charge in [-0.3, -0.25) is 4.79 Å². The summed E-state index contributed by atoms with van der Waals surface area (Å²) in [5, 5.41) is 9.46.